The van der Waals surface area contributed by atoms with Gasteiger partial charge in [0, 0.05) is 36.2 Å². The van der Waals surface area contributed by atoms with Gasteiger partial charge in [-0.05, 0) is 18.2 Å². The number of aromatic nitrogens is 2. The first-order chi connectivity index (χ1) is 9.91. The van der Waals surface area contributed by atoms with Crippen molar-refractivity contribution in [3.8, 4) is 0 Å². The number of halogens is 4. The van der Waals surface area contributed by atoms with Crippen LogP contribution in [0.4, 0.5) is 24.8 Å². The van der Waals surface area contributed by atoms with Crippen LogP contribution in [0.3, 0.4) is 0 Å². The molecule has 0 fully saturated rings. The van der Waals surface area contributed by atoms with Crippen LogP contribution < -0.4 is 5.32 Å². The van der Waals surface area contributed by atoms with Crippen LogP contribution in [0.15, 0.2) is 35.1 Å². The summed E-state index contributed by atoms with van der Waals surface area (Å²) in [6.07, 6.45) is -1.12. The molecule has 0 atom stereocenters. The van der Waals surface area contributed by atoms with E-state index >= 15 is 0 Å². The van der Waals surface area contributed by atoms with Crippen molar-refractivity contribution in [2.75, 3.05) is 19.0 Å². The van der Waals surface area contributed by atoms with Crippen LogP contribution in [0.5, 0.6) is 0 Å². The SMILES string of the molecule is COCCn1ccnc1Nc1ccc(Br)c(C(F)(F)F)c1. The van der Waals surface area contributed by atoms with Gasteiger partial charge in [-0.2, -0.15) is 13.2 Å². The number of imidazole rings is 1. The third-order valence-corrected chi connectivity index (χ3v) is 3.47. The molecule has 0 unspecified atom stereocenters. The minimum atomic E-state index is -4.41. The highest BCUT2D eigenvalue weighted by Gasteiger charge is 2.33. The van der Waals surface area contributed by atoms with Crippen LogP contribution in [-0.4, -0.2) is 23.3 Å². The van der Waals surface area contributed by atoms with Crippen LogP contribution >= 0.6 is 15.9 Å². The topological polar surface area (TPSA) is 39.1 Å². The standard InChI is InChI=1S/C13H13BrF3N3O/c1-21-7-6-20-5-4-18-12(20)19-9-2-3-11(14)10(8-9)13(15,16)17/h2-5,8H,6-7H2,1H3,(H,18,19). The second-order valence-electron chi connectivity index (χ2n) is 4.25. The molecule has 0 aliphatic heterocycles. The monoisotopic (exact) mass is 363 g/mol. The van der Waals surface area contributed by atoms with Crippen molar-refractivity contribution in [2.24, 2.45) is 0 Å². The zero-order chi connectivity index (χ0) is 15.5. The van der Waals surface area contributed by atoms with Crippen molar-refractivity contribution < 1.29 is 17.9 Å². The van der Waals surface area contributed by atoms with Crippen molar-refractivity contribution in [2.45, 2.75) is 12.7 Å². The van der Waals surface area contributed by atoms with Gasteiger partial charge in [0.05, 0.1) is 12.2 Å². The van der Waals surface area contributed by atoms with Crippen LogP contribution in [0, 0.1) is 0 Å². The lowest BCUT2D eigenvalue weighted by Crippen LogP contribution is -2.09. The highest BCUT2D eigenvalue weighted by molar-refractivity contribution is 9.10. The summed E-state index contributed by atoms with van der Waals surface area (Å²) in [7, 11) is 1.58. The van der Waals surface area contributed by atoms with Gasteiger partial charge in [0.1, 0.15) is 0 Å². The van der Waals surface area contributed by atoms with E-state index in [0.29, 0.717) is 24.8 Å². The molecule has 1 N–H and O–H groups in total. The molecule has 0 saturated heterocycles. The lowest BCUT2D eigenvalue weighted by atomic mass is 10.2. The summed E-state index contributed by atoms with van der Waals surface area (Å²) in [6, 6.07) is 3.95. The maximum absolute atomic E-state index is 12.9. The van der Waals surface area contributed by atoms with Gasteiger partial charge in [0.25, 0.3) is 0 Å². The van der Waals surface area contributed by atoms with Crippen molar-refractivity contribution in [1.29, 1.82) is 0 Å². The van der Waals surface area contributed by atoms with E-state index in [1.807, 2.05) is 0 Å². The molecule has 4 nitrogen and oxygen atoms in total. The molecule has 0 amide bonds. The lowest BCUT2D eigenvalue weighted by Gasteiger charge is -2.13. The summed E-state index contributed by atoms with van der Waals surface area (Å²) >= 11 is 2.91. The van der Waals surface area contributed by atoms with E-state index < -0.39 is 11.7 Å². The van der Waals surface area contributed by atoms with Gasteiger partial charge in [-0.15, -0.1) is 0 Å². The predicted molar refractivity (Wildman–Crippen MR) is 76.5 cm³/mol. The Kier molecular flexibility index (Phi) is 4.89. The minimum Gasteiger partial charge on any atom is -0.383 e. The zero-order valence-corrected chi connectivity index (χ0v) is 12.7. The Morgan fingerprint density at radius 3 is 2.81 bits per heavy atom. The molecule has 0 radical (unpaired) electrons. The molecular formula is C13H13BrF3N3O. The molecule has 21 heavy (non-hydrogen) atoms. The van der Waals surface area contributed by atoms with Gasteiger partial charge in [-0.25, -0.2) is 4.98 Å². The molecule has 2 aromatic rings. The number of anilines is 2. The van der Waals surface area contributed by atoms with Gasteiger partial charge in [0.15, 0.2) is 0 Å². The third-order valence-electron chi connectivity index (χ3n) is 2.78. The van der Waals surface area contributed by atoms with E-state index in [1.165, 1.54) is 6.07 Å². The zero-order valence-electron chi connectivity index (χ0n) is 11.1. The Morgan fingerprint density at radius 2 is 2.14 bits per heavy atom. The van der Waals surface area contributed by atoms with Gasteiger partial charge in [-0.1, -0.05) is 15.9 Å². The number of hydrogen-bond donors (Lipinski definition) is 1. The molecule has 1 aromatic heterocycles. The summed E-state index contributed by atoms with van der Waals surface area (Å²) in [5.74, 6) is 0.461. The van der Waals surface area contributed by atoms with E-state index in [9.17, 15) is 13.2 Å². The van der Waals surface area contributed by atoms with Gasteiger partial charge < -0.3 is 14.6 Å². The molecule has 8 heteroatoms. The van der Waals surface area contributed by atoms with Crippen LogP contribution in [0.1, 0.15) is 5.56 Å². The number of nitrogens with one attached hydrogen (secondary N) is 1. The number of benzene rings is 1. The Balaban J connectivity index is 2.22. The Morgan fingerprint density at radius 1 is 1.38 bits per heavy atom. The molecule has 0 aliphatic rings. The Labute approximate surface area is 128 Å². The van der Waals surface area contributed by atoms with E-state index in [0.717, 1.165) is 6.07 Å². The minimum absolute atomic E-state index is 0.00303. The van der Waals surface area contributed by atoms with Gasteiger partial charge in [-0.3, -0.25) is 0 Å². The average Bonchev–Trinajstić information content (AvgIpc) is 2.84. The van der Waals surface area contributed by atoms with E-state index in [4.69, 9.17) is 4.74 Å². The second kappa shape index (κ2) is 6.48. The Bertz CT molecular complexity index is 613. The first-order valence-electron chi connectivity index (χ1n) is 6.05. The van der Waals surface area contributed by atoms with Crippen molar-refractivity contribution in [3.63, 3.8) is 0 Å². The fraction of sp³-hybridized carbons (Fsp3) is 0.308. The van der Waals surface area contributed by atoms with E-state index in [-0.39, 0.29) is 4.47 Å². The largest absolute Gasteiger partial charge is 0.417 e. The fourth-order valence-corrected chi connectivity index (χ4v) is 2.22. The lowest BCUT2D eigenvalue weighted by molar-refractivity contribution is -0.138. The molecule has 0 spiro atoms. The van der Waals surface area contributed by atoms with Gasteiger partial charge >= 0.3 is 6.18 Å². The van der Waals surface area contributed by atoms with Crippen molar-refractivity contribution in [1.82, 2.24) is 9.55 Å². The number of alkyl halides is 3. The first-order valence-corrected chi connectivity index (χ1v) is 6.85. The fourth-order valence-electron chi connectivity index (χ4n) is 1.75. The summed E-state index contributed by atoms with van der Waals surface area (Å²) in [4.78, 5) is 4.08. The summed E-state index contributed by atoms with van der Waals surface area (Å²) in [5, 5.41) is 2.88. The highest BCUT2D eigenvalue weighted by atomic mass is 79.9. The maximum atomic E-state index is 12.9. The van der Waals surface area contributed by atoms with Crippen LogP contribution in [0.25, 0.3) is 0 Å². The van der Waals surface area contributed by atoms with E-state index in [1.54, 1.807) is 30.1 Å². The van der Waals surface area contributed by atoms with Crippen molar-refractivity contribution >= 4 is 27.6 Å². The molecular weight excluding hydrogens is 351 g/mol. The third kappa shape index (κ3) is 3.98. The molecule has 1 heterocycles. The Hall–Kier alpha value is -1.54. The molecule has 2 rings (SSSR count). The number of ether oxygens (including phenoxy) is 1. The second-order valence-corrected chi connectivity index (χ2v) is 5.11. The normalized spacial score (nSPS) is 11.7. The molecule has 0 aliphatic carbocycles. The van der Waals surface area contributed by atoms with Crippen LogP contribution in [-0.2, 0) is 17.5 Å². The van der Waals surface area contributed by atoms with Gasteiger partial charge in [0.2, 0.25) is 5.95 Å². The average molecular weight is 364 g/mol. The molecule has 114 valence electrons. The number of hydrogen-bond acceptors (Lipinski definition) is 3. The van der Waals surface area contributed by atoms with Crippen LogP contribution in [0.2, 0.25) is 0 Å². The molecule has 0 bridgehead atoms. The molecule has 1 aromatic carbocycles. The summed E-state index contributed by atoms with van der Waals surface area (Å²) < 4.78 is 45.3. The summed E-state index contributed by atoms with van der Waals surface area (Å²) in [6.45, 7) is 1.04. The van der Waals surface area contributed by atoms with E-state index in [2.05, 4.69) is 26.2 Å². The molecule has 0 saturated carbocycles. The quantitative estimate of drug-likeness (QED) is 0.870. The summed E-state index contributed by atoms with van der Waals surface area (Å²) in [5.41, 5.74) is -0.419. The maximum Gasteiger partial charge on any atom is 0.417 e. The highest BCUT2D eigenvalue weighted by Crippen LogP contribution is 2.36. The first kappa shape index (κ1) is 15.8. The number of rotatable bonds is 5. The predicted octanol–water partition coefficient (Wildman–Crippen LogP) is 4.05. The smallest absolute Gasteiger partial charge is 0.383 e. The number of methoxy groups -OCH3 is 1. The van der Waals surface area contributed by atoms with Crippen molar-refractivity contribution in [3.05, 3.63) is 40.6 Å². The number of nitrogens with zero attached hydrogens (tertiary/aromatic N) is 2.